The van der Waals surface area contributed by atoms with E-state index in [-0.39, 0.29) is 18.1 Å². The predicted molar refractivity (Wildman–Crippen MR) is 82.8 cm³/mol. The number of pyridine rings is 1. The summed E-state index contributed by atoms with van der Waals surface area (Å²) in [5.74, 6) is 0.275. The van der Waals surface area contributed by atoms with Gasteiger partial charge in [0, 0.05) is 18.6 Å². The Morgan fingerprint density at radius 3 is 2.57 bits per heavy atom. The first kappa shape index (κ1) is 17.4. The number of aromatic nitrogens is 1. The Morgan fingerprint density at radius 1 is 1.33 bits per heavy atom. The average Bonchev–Trinajstić information content (AvgIpc) is 2.34. The third kappa shape index (κ3) is 6.54. The molecule has 0 aliphatic rings. The van der Waals surface area contributed by atoms with E-state index in [1.54, 1.807) is 32.0 Å². The normalized spacial score (nSPS) is 12.0. The molecule has 1 rings (SSSR count). The van der Waals surface area contributed by atoms with Crippen molar-refractivity contribution in [1.82, 2.24) is 15.0 Å². The summed E-state index contributed by atoms with van der Waals surface area (Å²) in [5, 5.41) is 5.70. The Morgan fingerprint density at radius 2 is 2.00 bits per heavy atom. The molecule has 1 aromatic heterocycles. The maximum Gasteiger partial charge on any atom is 0.270 e. The molecular weight excluding hydrogens is 292 g/mol. The molecule has 0 saturated heterocycles. The molecule has 1 aromatic rings. The lowest BCUT2D eigenvalue weighted by Crippen LogP contribution is -2.51. The fourth-order valence-electron chi connectivity index (χ4n) is 1.77. The van der Waals surface area contributed by atoms with Gasteiger partial charge in [-0.1, -0.05) is 6.07 Å². The quantitative estimate of drug-likeness (QED) is 0.683. The highest BCUT2D eigenvalue weighted by atomic mass is 32.2. The van der Waals surface area contributed by atoms with E-state index in [9.17, 15) is 13.2 Å². The lowest BCUT2D eigenvalue weighted by atomic mass is 10.1. The Hall–Kier alpha value is -1.67. The Kier molecular flexibility index (Phi) is 5.68. The summed E-state index contributed by atoms with van der Waals surface area (Å²) in [4.78, 5) is 16.2. The number of hydrogen-bond donors (Lipinski definition) is 3. The maximum atomic E-state index is 12.0. The molecule has 0 radical (unpaired) electrons. The second kappa shape index (κ2) is 6.86. The van der Waals surface area contributed by atoms with Gasteiger partial charge in [0.15, 0.2) is 0 Å². The van der Waals surface area contributed by atoms with Gasteiger partial charge < -0.3 is 10.6 Å². The number of nitrogens with one attached hydrogen (secondary N) is 3. The molecule has 0 fully saturated rings. The fourth-order valence-corrected chi connectivity index (χ4v) is 2.85. The number of nitrogens with zero attached hydrogens (tertiary/aromatic N) is 1. The molecule has 0 aromatic carbocycles. The number of sulfonamides is 1. The van der Waals surface area contributed by atoms with Gasteiger partial charge >= 0.3 is 0 Å². The summed E-state index contributed by atoms with van der Waals surface area (Å²) in [6, 6.07) is 5.11. The number of rotatable bonds is 7. The first-order valence-electron chi connectivity index (χ1n) is 6.61. The SMILES string of the molecule is CCNc1cccc(C(=O)NCC(C)(C)NS(C)(=O)=O)n1. The minimum atomic E-state index is -3.34. The molecule has 0 aliphatic carbocycles. The van der Waals surface area contributed by atoms with Crippen LogP contribution in [0.2, 0.25) is 0 Å². The Labute approximate surface area is 125 Å². The fraction of sp³-hybridized carbons (Fsp3) is 0.538. The number of carbonyl (C=O) groups is 1. The van der Waals surface area contributed by atoms with Crippen molar-refractivity contribution in [2.75, 3.05) is 24.7 Å². The van der Waals surface area contributed by atoms with Crippen molar-refractivity contribution in [3.05, 3.63) is 23.9 Å². The summed E-state index contributed by atoms with van der Waals surface area (Å²) in [5.41, 5.74) is -0.494. The van der Waals surface area contributed by atoms with E-state index in [4.69, 9.17) is 0 Å². The first-order valence-corrected chi connectivity index (χ1v) is 8.50. The van der Waals surface area contributed by atoms with Crippen LogP contribution in [0.3, 0.4) is 0 Å². The van der Waals surface area contributed by atoms with Crippen LogP contribution in [0.5, 0.6) is 0 Å². The van der Waals surface area contributed by atoms with Gasteiger partial charge in [0.05, 0.1) is 6.26 Å². The van der Waals surface area contributed by atoms with Gasteiger partial charge in [0.1, 0.15) is 11.5 Å². The lowest BCUT2D eigenvalue weighted by molar-refractivity contribution is 0.0939. The van der Waals surface area contributed by atoms with Crippen LogP contribution in [0.1, 0.15) is 31.3 Å². The van der Waals surface area contributed by atoms with Crippen LogP contribution >= 0.6 is 0 Å². The average molecular weight is 314 g/mol. The highest BCUT2D eigenvalue weighted by Gasteiger charge is 2.23. The van der Waals surface area contributed by atoms with Crippen LogP contribution in [0, 0.1) is 0 Å². The lowest BCUT2D eigenvalue weighted by Gasteiger charge is -2.25. The smallest absolute Gasteiger partial charge is 0.270 e. The molecule has 0 aliphatic heterocycles. The molecule has 3 N–H and O–H groups in total. The molecule has 21 heavy (non-hydrogen) atoms. The van der Waals surface area contributed by atoms with Gasteiger partial charge in [-0.05, 0) is 32.9 Å². The molecule has 118 valence electrons. The Bertz CT molecular complexity index is 599. The van der Waals surface area contributed by atoms with Crippen molar-refractivity contribution in [3.8, 4) is 0 Å². The molecule has 1 amide bonds. The number of carbonyl (C=O) groups excluding carboxylic acids is 1. The van der Waals surface area contributed by atoms with Crippen molar-refractivity contribution >= 4 is 21.7 Å². The minimum Gasteiger partial charge on any atom is -0.370 e. The van der Waals surface area contributed by atoms with Gasteiger partial charge in [-0.3, -0.25) is 4.79 Å². The first-order chi connectivity index (χ1) is 9.63. The summed E-state index contributed by atoms with van der Waals surface area (Å²) in [7, 11) is -3.34. The van der Waals surface area contributed by atoms with E-state index in [1.165, 1.54) is 0 Å². The van der Waals surface area contributed by atoms with Crippen LogP contribution in [0.25, 0.3) is 0 Å². The van der Waals surface area contributed by atoms with Crippen LogP contribution in [-0.4, -0.2) is 44.2 Å². The van der Waals surface area contributed by atoms with Crippen LogP contribution in [0.15, 0.2) is 18.2 Å². The van der Waals surface area contributed by atoms with Crippen molar-refractivity contribution in [3.63, 3.8) is 0 Å². The molecule has 8 heteroatoms. The topological polar surface area (TPSA) is 100 Å². The molecule has 0 saturated carbocycles. The van der Waals surface area contributed by atoms with Crippen molar-refractivity contribution < 1.29 is 13.2 Å². The third-order valence-corrected chi connectivity index (χ3v) is 3.42. The maximum absolute atomic E-state index is 12.0. The van der Waals surface area contributed by atoms with E-state index in [2.05, 4.69) is 20.3 Å². The molecule has 0 bridgehead atoms. The number of hydrogen-bond acceptors (Lipinski definition) is 5. The van der Waals surface area contributed by atoms with Gasteiger partial charge in [-0.25, -0.2) is 18.1 Å². The summed E-state index contributed by atoms with van der Waals surface area (Å²) < 4.78 is 24.9. The van der Waals surface area contributed by atoms with E-state index in [0.29, 0.717) is 12.4 Å². The summed E-state index contributed by atoms with van der Waals surface area (Å²) >= 11 is 0. The molecule has 0 atom stereocenters. The molecule has 0 spiro atoms. The van der Waals surface area contributed by atoms with Crippen molar-refractivity contribution in [1.29, 1.82) is 0 Å². The van der Waals surface area contributed by atoms with E-state index < -0.39 is 15.6 Å². The summed E-state index contributed by atoms with van der Waals surface area (Å²) in [6.07, 6.45) is 1.08. The largest absolute Gasteiger partial charge is 0.370 e. The van der Waals surface area contributed by atoms with Crippen molar-refractivity contribution in [2.24, 2.45) is 0 Å². The number of anilines is 1. The minimum absolute atomic E-state index is 0.159. The zero-order chi connectivity index (χ0) is 16.1. The molecule has 1 heterocycles. The zero-order valence-electron chi connectivity index (χ0n) is 12.7. The van der Waals surface area contributed by atoms with E-state index in [0.717, 1.165) is 6.26 Å². The monoisotopic (exact) mass is 314 g/mol. The van der Waals surface area contributed by atoms with E-state index in [1.807, 2.05) is 6.92 Å². The van der Waals surface area contributed by atoms with Crippen LogP contribution in [-0.2, 0) is 10.0 Å². The molecular formula is C13H22N4O3S. The van der Waals surface area contributed by atoms with Gasteiger partial charge in [-0.2, -0.15) is 0 Å². The summed E-state index contributed by atoms with van der Waals surface area (Å²) in [6.45, 7) is 6.19. The Balaban J connectivity index is 2.67. The molecule has 7 nitrogen and oxygen atoms in total. The molecule has 0 unspecified atom stereocenters. The second-order valence-electron chi connectivity index (χ2n) is 5.38. The highest BCUT2D eigenvalue weighted by molar-refractivity contribution is 7.88. The zero-order valence-corrected chi connectivity index (χ0v) is 13.5. The van der Waals surface area contributed by atoms with Crippen molar-refractivity contribution in [2.45, 2.75) is 26.3 Å². The second-order valence-corrected chi connectivity index (χ2v) is 7.13. The highest BCUT2D eigenvalue weighted by Crippen LogP contribution is 2.06. The predicted octanol–water partition coefficient (Wildman–Crippen LogP) is 0.571. The third-order valence-electron chi connectivity index (χ3n) is 2.49. The van der Waals surface area contributed by atoms with Gasteiger partial charge in [0.25, 0.3) is 5.91 Å². The standard InChI is InChI=1S/C13H22N4O3S/c1-5-14-11-8-6-7-10(16-11)12(18)15-9-13(2,3)17-21(4,19)20/h6-8,17H,5,9H2,1-4H3,(H,14,16)(H,15,18). The van der Waals surface area contributed by atoms with Gasteiger partial charge in [0.2, 0.25) is 10.0 Å². The van der Waals surface area contributed by atoms with Gasteiger partial charge in [-0.15, -0.1) is 0 Å². The number of amides is 1. The van der Waals surface area contributed by atoms with Crippen LogP contribution < -0.4 is 15.4 Å². The van der Waals surface area contributed by atoms with E-state index >= 15 is 0 Å². The van der Waals surface area contributed by atoms with Crippen LogP contribution in [0.4, 0.5) is 5.82 Å².